The minimum atomic E-state index is 0.138. The third kappa shape index (κ3) is 4.01. The van der Waals surface area contributed by atoms with Gasteiger partial charge in [0.15, 0.2) is 0 Å². The number of likely N-dealkylation sites (tertiary alicyclic amines) is 1. The summed E-state index contributed by atoms with van der Waals surface area (Å²) in [6.45, 7) is 5.86. The van der Waals surface area contributed by atoms with E-state index < -0.39 is 0 Å². The van der Waals surface area contributed by atoms with E-state index >= 15 is 0 Å². The normalized spacial score (nSPS) is 22.6. The molecule has 0 bridgehead atoms. The summed E-state index contributed by atoms with van der Waals surface area (Å²) in [6, 6.07) is 0.138. The fraction of sp³-hybridized carbons (Fsp3) is 0.722. The number of amides is 1. The quantitative estimate of drug-likeness (QED) is 0.907. The maximum Gasteiger partial charge on any atom is 0.224 e. The van der Waals surface area contributed by atoms with Crippen LogP contribution in [0.15, 0.2) is 6.20 Å². The van der Waals surface area contributed by atoms with Crippen molar-refractivity contribution in [2.24, 2.45) is 5.92 Å². The van der Waals surface area contributed by atoms with Gasteiger partial charge in [0.25, 0.3) is 0 Å². The van der Waals surface area contributed by atoms with Crippen molar-refractivity contribution in [2.75, 3.05) is 18.4 Å². The lowest BCUT2D eigenvalue weighted by Crippen LogP contribution is -2.33. The zero-order chi connectivity index (χ0) is 16.2. The van der Waals surface area contributed by atoms with Crippen LogP contribution in [0.25, 0.3) is 0 Å². The number of nitrogens with one attached hydrogen (secondary N) is 1. The van der Waals surface area contributed by atoms with E-state index in [2.05, 4.69) is 22.2 Å². The SMILES string of the molecule is CCc1nc(N[C@H]2CC(=O)N(CC3CCCCC3)C2)ncc1C. The summed E-state index contributed by atoms with van der Waals surface area (Å²) in [5, 5.41) is 3.36. The van der Waals surface area contributed by atoms with Crippen LogP contribution in [0.5, 0.6) is 0 Å². The Morgan fingerprint density at radius 2 is 2.09 bits per heavy atom. The standard InChI is InChI=1S/C18H28N4O/c1-3-16-13(2)10-19-18(21-16)20-15-9-17(23)22(12-15)11-14-7-5-4-6-8-14/h10,14-15H,3-9,11-12H2,1-2H3,(H,19,20,21)/t15-/m0/s1. The van der Waals surface area contributed by atoms with Gasteiger partial charge >= 0.3 is 0 Å². The third-order valence-corrected chi connectivity index (χ3v) is 5.16. The summed E-state index contributed by atoms with van der Waals surface area (Å²) < 4.78 is 0. The van der Waals surface area contributed by atoms with E-state index in [-0.39, 0.29) is 11.9 Å². The van der Waals surface area contributed by atoms with Gasteiger partial charge in [-0.25, -0.2) is 9.97 Å². The van der Waals surface area contributed by atoms with Gasteiger partial charge < -0.3 is 10.2 Å². The van der Waals surface area contributed by atoms with Crippen molar-refractivity contribution in [3.8, 4) is 0 Å². The van der Waals surface area contributed by atoms with E-state index in [1.165, 1.54) is 32.1 Å². The summed E-state index contributed by atoms with van der Waals surface area (Å²) >= 11 is 0. The fourth-order valence-electron chi connectivity index (χ4n) is 3.81. The Bertz CT molecular complexity index is 554. The molecule has 1 aromatic heterocycles. The Morgan fingerprint density at radius 3 is 2.83 bits per heavy atom. The van der Waals surface area contributed by atoms with Crippen molar-refractivity contribution in [2.45, 2.75) is 64.8 Å². The molecule has 0 aromatic carbocycles. The van der Waals surface area contributed by atoms with Crippen LogP contribution in [0.1, 0.15) is 56.7 Å². The minimum Gasteiger partial charge on any atom is -0.349 e. The van der Waals surface area contributed by atoms with Crippen molar-refractivity contribution in [1.29, 1.82) is 0 Å². The van der Waals surface area contributed by atoms with Crippen LogP contribution in [0.2, 0.25) is 0 Å². The van der Waals surface area contributed by atoms with Crippen molar-refractivity contribution >= 4 is 11.9 Å². The molecule has 5 heteroatoms. The minimum absolute atomic E-state index is 0.138. The van der Waals surface area contributed by atoms with Crippen molar-refractivity contribution in [1.82, 2.24) is 14.9 Å². The number of nitrogens with zero attached hydrogens (tertiary/aromatic N) is 3. The summed E-state index contributed by atoms with van der Waals surface area (Å²) in [7, 11) is 0. The molecule has 1 aliphatic heterocycles. The van der Waals surface area contributed by atoms with Gasteiger partial charge in [-0.1, -0.05) is 26.2 Å². The molecule has 1 aliphatic carbocycles. The Morgan fingerprint density at radius 1 is 1.30 bits per heavy atom. The third-order valence-electron chi connectivity index (χ3n) is 5.16. The van der Waals surface area contributed by atoms with Crippen LogP contribution in [-0.4, -0.2) is 39.9 Å². The molecule has 0 spiro atoms. The van der Waals surface area contributed by atoms with Crippen molar-refractivity contribution < 1.29 is 4.79 Å². The maximum absolute atomic E-state index is 12.3. The molecule has 3 rings (SSSR count). The van der Waals surface area contributed by atoms with Crippen LogP contribution < -0.4 is 5.32 Å². The fourth-order valence-corrected chi connectivity index (χ4v) is 3.81. The molecule has 1 atom stereocenters. The van der Waals surface area contributed by atoms with E-state index in [0.29, 0.717) is 18.3 Å². The van der Waals surface area contributed by atoms with E-state index in [1.54, 1.807) is 0 Å². The van der Waals surface area contributed by atoms with Crippen LogP contribution >= 0.6 is 0 Å². The molecule has 1 amide bonds. The van der Waals surface area contributed by atoms with Crippen LogP contribution in [0.4, 0.5) is 5.95 Å². The molecule has 23 heavy (non-hydrogen) atoms. The second-order valence-electron chi connectivity index (χ2n) is 7.03. The second-order valence-corrected chi connectivity index (χ2v) is 7.03. The molecule has 1 saturated heterocycles. The van der Waals surface area contributed by atoms with Crippen LogP contribution in [0, 0.1) is 12.8 Å². The lowest BCUT2D eigenvalue weighted by Gasteiger charge is -2.27. The number of hydrogen-bond acceptors (Lipinski definition) is 4. The van der Waals surface area contributed by atoms with Gasteiger partial charge in [-0.3, -0.25) is 4.79 Å². The lowest BCUT2D eigenvalue weighted by molar-refractivity contribution is -0.128. The Balaban J connectivity index is 1.56. The number of rotatable bonds is 5. The molecule has 2 fully saturated rings. The number of carbonyl (C=O) groups is 1. The zero-order valence-corrected chi connectivity index (χ0v) is 14.3. The molecular formula is C18H28N4O. The number of aryl methyl sites for hydroxylation is 2. The monoisotopic (exact) mass is 316 g/mol. The molecule has 0 radical (unpaired) electrons. The summed E-state index contributed by atoms with van der Waals surface area (Å²) in [6.07, 6.45) is 9.90. The zero-order valence-electron chi connectivity index (χ0n) is 14.3. The summed E-state index contributed by atoms with van der Waals surface area (Å²) in [5.41, 5.74) is 2.20. The molecule has 1 saturated carbocycles. The molecule has 1 aromatic rings. The Hall–Kier alpha value is -1.65. The van der Waals surface area contributed by atoms with Crippen molar-refractivity contribution in [3.05, 3.63) is 17.5 Å². The first-order valence-electron chi connectivity index (χ1n) is 9.02. The maximum atomic E-state index is 12.3. The molecule has 5 nitrogen and oxygen atoms in total. The summed E-state index contributed by atoms with van der Waals surface area (Å²) in [4.78, 5) is 23.2. The van der Waals surface area contributed by atoms with Crippen molar-refractivity contribution in [3.63, 3.8) is 0 Å². The van der Waals surface area contributed by atoms with Gasteiger partial charge in [-0.2, -0.15) is 0 Å². The van der Waals surface area contributed by atoms with E-state index in [4.69, 9.17) is 0 Å². The first kappa shape index (κ1) is 16.2. The molecular weight excluding hydrogens is 288 g/mol. The van der Waals surface area contributed by atoms with E-state index in [9.17, 15) is 4.79 Å². The average Bonchev–Trinajstić information content (AvgIpc) is 2.89. The van der Waals surface area contributed by atoms with Gasteiger partial charge in [-0.15, -0.1) is 0 Å². The van der Waals surface area contributed by atoms with Gasteiger partial charge in [0.05, 0.1) is 6.04 Å². The molecule has 2 heterocycles. The van der Waals surface area contributed by atoms with E-state index in [0.717, 1.165) is 30.8 Å². The Kier molecular flexibility index (Phi) is 5.13. The Labute approximate surface area is 138 Å². The average molecular weight is 316 g/mol. The smallest absolute Gasteiger partial charge is 0.224 e. The predicted molar refractivity (Wildman–Crippen MR) is 91.3 cm³/mol. The first-order valence-corrected chi connectivity index (χ1v) is 9.02. The van der Waals surface area contributed by atoms with Gasteiger partial charge in [-0.05, 0) is 37.7 Å². The molecule has 0 unspecified atom stereocenters. The second kappa shape index (κ2) is 7.28. The number of anilines is 1. The van der Waals surface area contributed by atoms with Crippen LogP contribution in [0.3, 0.4) is 0 Å². The van der Waals surface area contributed by atoms with Gasteiger partial charge in [0, 0.05) is 31.4 Å². The molecule has 126 valence electrons. The highest BCUT2D eigenvalue weighted by Gasteiger charge is 2.31. The predicted octanol–water partition coefficient (Wildman–Crippen LogP) is 2.94. The summed E-state index contributed by atoms with van der Waals surface area (Å²) in [5.74, 6) is 1.63. The highest BCUT2D eigenvalue weighted by molar-refractivity contribution is 5.79. The largest absolute Gasteiger partial charge is 0.349 e. The van der Waals surface area contributed by atoms with Gasteiger partial charge in [0.1, 0.15) is 0 Å². The number of carbonyl (C=O) groups excluding carboxylic acids is 1. The highest BCUT2D eigenvalue weighted by atomic mass is 16.2. The van der Waals surface area contributed by atoms with Crippen LogP contribution in [-0.2, 0) is 11.2 Å². The topological polar surface area (TPSA) is 58.1 Å². The number of hydrogen-bond donors (Lipinski definition) is 1. The highest BCUT2D eigenvalue weighted by Crippen LogP contribution is 2.26. The molecule has 1 N–H and O–H groups in total. The van der Waals surface area contributed by atoms with E-state index in [1.807, 2.05) is 18.0 Å². The molecule has 2 aliphatic rings. The van der Waals surface area contributed by atoms with Gasteiger partial charge in [0.2, 0.25) is 11.9 Å². The first-order chi connectivity index (χ1) is 11.2. The number of aromatic nitrogens is 2. The lowest BCUT2D eigenvalue weighted by atomic mass is 9.89.